The highest BCUT2D eigenvalue weighted by Gasteiger charge is 2.44. The molecule has 0 spiro atoms. The topological polar surface area (TPSA) is 192 Å². The normalized spacial score (nSPS) is 28.1. The number of hydrogen-bond acceptors (Lipinski definition) is 11. The molecule has 0 radical (unpaired) electrons. The molecule has 15 heteroatoms. The number of aliphatic hydroxyl groups excluding tert-OH is 2. The maximum absolute atomic E-state index is 11.7. The van der Waals surface area contributed by atoms with Gasteiger partial charge in [-0.25, -0.2) is 14.3 Å². The third-order valence-corrected chi connectivity index (χ3v) is 4.98. The fourth-order valence-electron chi connectivity index (χ4n) is 2.37. The first-order chi connectivity index (χ1) is 11.9. The van der Waals surface area contributed by atoms with Gasteiger partial charge in [0.05, 0.1) is 19.3 Å². The molecule has 0 aliphatic carbocycles. The zero-order valence-electron chi connectivity index (χ0n) is 12.3. The summed E-state index contributed by atoms with van der Waals surface area (Å²) in [6.45, 7) is -0.388. The Balaban J connectivity index is 1.73. The van der Waals surface area contributed by atoms with Gasteiger partial charge >= 0.3 is 17.2 Å². The summed E-state index contributed by atoms with van der Waals surface area (Å²) in [4.78, 5) is 48.4. The maximum atomic E-state index is 11.7. The van der Waals surface area contributed by atoms with Crippen molar-refractivity contribution >= 4 is 28.4 Å². The minimum atomic E-state index is -2.80. The molecule has 25 heavy (non-hydrogen) atoms. The van der Waals surface area contributed by atoms with Crippen molar-refractivity contribution in [3.8, 4) is 0 Å². The first kappa shape index (κ1) is 18.7. The van der Waals surface area contributed by atoms with Crippen LogP contribution >= 0.6 is 17.2 Å². The van der Waals surface area contributed by atoms with Gasteiger partial charge in [-0.3, -0.25) is 9.36 Å². The molecule has 1 unspecified atom stereocenters. The fourth-order valence-corrected chi connectivity index (χ4v) is 3.33. The van der Waals surface area contributed by atoms with Gasteiger partial charge in [0.15, 0.2) is 17.4 Å². The molecule has 0 bridgehead atoms. The summed E-state index contributed by atoms with van der Waals surface area (Å²) in [5, 5.41) is 20.2. The first-order valence-electron chi connectivity index (χ1n) is 6.78. The van der Waals surface area contributed by atoms with E-state index in [4.69, 9.17) is 19.0 Å². The second-order valence-corrected chi connectivity index (χ2v) is 6.86. The van der Waals surface area contributed by atoms with E-state index in [0.29, 0.717) is 0 Å². The van der Waals surface area contributed by atoms with E-state index in [0.717, 1.165) is 0 Å². The third kappa shape index (κ3) is 3.86. The molecule has 5 atom stereocenters. The van der Waals surface area contributed by atoms with Crippen molar-refractivity contribution < 1.29 is 38.5 Å². The number of fused-ring (bicyclic) bond motifs is 1. The third-order valence-electron chi connectivity index (χ3n) is 3.47. The van der Waals surface area contributed by atoms with Gasteiger partial charge < -0.3 is 39.1 Å². The maximum Gasteiger partial charge on any atom is 0.337 e. The monoisotopic (exact) mass is 396 g/mol. The van der Waals surface area contributed by atoms with Gasteiger partial charge in [-0.15, -0.1) is 0 Å². The van der Waals surface area contributed by atoms with Crippen molar-refractivity contribution in [3.63, 3.8) is 0 Å². The Morgan fingerprint density at radius 2 is 2.04 bits per heavy atom. The van der Waals surface area contributed by atoms with Gasteiger partial charge in [0.2, 0.25) is 0 Å². The van der Waals surface area contributed by atoms with Gasteiger partial charge in [0.25, 0.3) is 5.56 Å². The molecule has 1 aliphatic heterocycles. The number of aliphatic hydroxyl groups is 2. The van der Waals surface area contributed by atoms with Crippen molar-refractivity contribution in [3.05, 3.63) is 23.0 Å². The van der Waals surface area contributed by atoms with Crippen LogP contribution in [0.25, 0.3) is 11.2 Å². The highest BCUT2D eigenvalue weighted by molar-refractivity contribution is 7.54. The number of aromatic amines is 1. The van der Waals surface area contributed by atoms with E-state index >= 15 is 0 Å². The molecule has 0 amide bonds. The van der Waals surface area contributed by atoms with E-state index < -0.39 is 47.3 Å². The average Bonchev–Trinajstić information content (AvgIpc) is 3.09. The van der Waals surface area contributed by atoms with Gasteiger partial charge in [-0.2, -0.15) is 0 Å². The number of imidazole rings is 1. The molecule has 0 aromatic carbocycles. The number of hydrogen-bond donors (Lipinski definition) is 6. The van der Waals surface area contributed by atoms with E-state index in [-0.39, 0.29) is 17.8 Å². The highest BCUT2D eigenvalue weighted by Crippen LogP contribution is 2.46. The van der Waals surface area contributed by atoms with E-state index in [1.54, 1.807) is 0 Å². The van der Waals surface area contributed by atoms with Crippen LogP contribution in [0.4, 0.5) is 0 Å². The lowest BCUT2D eigenvalue weighted by molar-refractivity contribution is -0.0484. The number of nitrogens with zero attached hydrogens (tertiary/aromatic N) is 3. The number of rotatable bonds is 6. The Morgan fingerprint density at radius 1 is 1.28 bits per heavy atom. The van der Waals surface area contributed by atoms with Gasteiger partial charge in [0, 0.05) is 0 Å². The van der Waals surface area contributed by atoms with Crippen LogP contribution in [0.2, 0.25) is 0 Å². The molecule has 1 saturated heterocycles. The molecule has 13 nitrogen and oxygen atoms in total. The summed E-state index contributed by atoms with van der Waals surface area (Å²) in [7, 11) is -5.38. The van der Waals surface area contributed by atoms with Crippen LogP contribution in [-0.2, 0) is 13.6 Å². The summed E-state index contributed by atoms with van der Waals surface area (Å²) in [6.07, 6.45) is -2.50. The molecule has 1 fully saturated rings. The molecule has 6 N–H and O–H groups in total. The van der Waals surface area contributed by atoms with Crippen molar-refractivity contribution in [2.75, 3.05) is 6.61 Å². The number of ether oxygens (including phenoxy) is 1. The van der Waals surface area contributed by atoms with Crippen molar-refractivity contribution in [1.82, 2.24) is 19.5 Å². The van der Waals surface area contributed by atoms with E-state index in [1.807, 2.05) is 0 Å². The van der Waals surface area contributed by atoms with Crippen LogP contribution in [0.3, 0.4) is 0 Å². The lowest BCUT2D eigenvalue weighted by atomic mass is 10.1. The van der Waals surface area contributed by atoms with E-state index in [2.05, 4.69) is 19.3 Å². The summed E-state index contributed by atoms with van der Waals surface area (Å²) in [6, 6.07) is 0. The lowest BCUT2D eigenvalue weighted by Gasteiger charge is -2.17. The molecule has 1 aliphatic rings. The molecule has 2 aromatic heterocycles. The van der Waals surface area contributed by atoms with Crippen LogP contribution in [0.1, 0.15) is 6.23 Å². The summed E-state index contributed by atoms with van der Waals surface area (Å²) in [5.41, 5.74) is -0.274. The first-order valence-corrected chi connectivity index (χ1v) is 9.07. The minimum absolute atomic E-state index is 0.0408. The van der Waals surface area contributed by atoms with Crippen molar-refractivity contribution in [1.29, 1.82) is 0 Å². The molecule has 3 heterocycles. The second-order valence-electron chi connectivity index (χ2n) is 4.97. The SMILES string of the molecule is O=c1[nH]cnc2c1ncn2[C@@H]1O[C@H](COP(O)OP(O)O)[C@@H](O)[C@H]1O. The van der Waals surface area contributed by atoms with E-state index in [9.17, 15) is 19.9 Å². The van der Waals surface area contributed by atoms with Gasteiger partial charge in [-0.05, 0) is 0 Å². The summed E-state index contributed by atoms with van der Waals surface area (Å²) >= 11 is 0. The van der Waals surface area contributed by atoms with Crippen molar-refractivity contribution in [2.45, 2.75) is 24.5 Å². The van der Waals surface area contributed by atoms with Gasteiger partial charge in [-0.1, -0.05) is 0 Å². The molecule has 2 aromatic rings. The lowest BCUT2D eigenvalue weighted by Crippen LogP contribution is -2.33. The fraction of sp³-hybridized carbons (Fsp3) is 0.500. The predicted octanol–water partition coefficient (Wildman–Crippen LogP) is -1.80. The summed E-state index contributed by atoms with van der Waals surface area (Å²) < 4.78 is 15.9. The molecular weight excluding hydrogens is 382 g/mol. The Labute approximate surface area is 141 Å². The quantitative estimate of drug-likeness (QED) is 0.302. The number of H-pyrrole nitrogens is 1. The smallest absolute Gasteiger partial charge is 0.337 e. The van der Waals surface area contributed by atoms with Crippen LogP contribution in [-0.4, -0.2) is 69.3 Å². The van der Waals surface area contributed by atoms with Crippen LogP contribution in [0.5, 0.6) is 0 Å². The standard InChI is InChI=1S/C10H14N4O9P2/c15-6-4(1-21-25(20)23-24(18)19)22-10(7(6)16)14-3-13-5-8(14)11-2-12-9(5)17/h2-4,6-7,10,15-16,18-20H,1H2,(H,11,12,17)/t4-,6-,7-,10-,25?/m1/s1. The molecule has 0 saturated carbocycles. The van der Waals surface area contributed by atoms with Crippen LogP contribution in [0, 0.1) is 0 Å². The Morgan fingerprint density at radius 3 is 2.76 bits per heavy atom. The molecular formula is C10H14N4O9P2. The Hall–Kier alpha value is -1.11. The second kappa shape index (κ2) is 7.64. The van der Waals surface area contributed by atoms with Crippen molar-refractivity contribution in [2.24, 2.45) is 0 Å². The molecule has 138 valence electrons. The minimum Gasteiger partial charge on any atom is -0.387 e. The average molecular weight is 396 g/mol. The predicted molar refractivity (Wildman–Crippen MR) is 81.6 cm³/mol. The number of aromatic nitrogens is 4. The van der Waals surface area contributed by atoms with Crippen LogP contribution in [0.15, 0.2) is 17.4 Å². The zero-order valence-corrected chi connectivity index (χ0v) is 14.1. The Kier molecular flexibility index (Phi) is 5.71. The Bertz CT molecular complexity index is 785. The molecule has 3 rings (SSSR count). The zero-order chi connectivity index (χ0) is 18.1. The van der Waals surface area contributed by atoms with E-state index in [1.165, 1.54) is 17.2 Å². The van der Waals surface area contributed by atoms with Gasteiger partial charge in [0.1, 0.15) is 18.3 Å². The number of nitrogens with one attached hydrogen (secondary N) is 1. The van der Waals surface area contributed by atoms with Crippen LogP contribution < -0.4 is 5.56 Å². The largest absolute Gasteiger partial charge is 0.387 e. The highest BCUT2D eigenvalue weighted by atomic mass is 31.2. The summed E-state index contributed by atoms with van der Waals surface area (Å²) in [5.74, 6) is 0.